The van der Waals surface area contributed by atoms with Gasteiger partial charge >= 0.3 is 0 Å². The van der Waals surface area contributed by atoms with E-state index in [1.165, 1.54) is 0 Å². The van der Waals surface area contributed by atoms with Crippen LogP contribution >= 0.6 is 23.4 Å². The van der Waals surface area contributed by atoms with Gasteiger partial charge in [0.1, 0.15) is 5.58 Å². The van der Waals surface area contributed by atoms with Crippen LogP contribution in [-0.2, 0) is 0 Å². The summed E-state index contributed by atoms with van der Waals surface area (Å²) in [5, 5.41) is 0.866. The molecule has 0 bridgehead atoms. The van der Waals surface area contributed by atoms with Gasteiger partial charge in [0.05, 0.1) is 17.0 Å². The normalized spacial score (nSPS) is 15.7. The van der Waals surface area contributed by atoms with Crippen molar-refractivity contribution in [1.29, 1.82) is 0 Å². The number of benzene rings is 2. The number of rotatable bonds is 8. The Morgan fingerprint density at radius 3 is 2.47 bits per heavy atom. The first kappa shape index (κ1) is 22.9. The summed E-state index contributed by atoms with van der Waals surface area (Å²) in [5.41, 5.74) is 1.51. The maximum atomic E-state index is 13.5. The van der Waals surface area contributed by atoms with Gasteiger partial charge in [-0.3, -0.25) is 9.59 Å². The van der Waals surface area contributed by atoms with Gasteiger partial charge in [-0.25, -0.2) is 0 Å². The molecule has 0 fully saturated rings. The fraction of sp³-hybridized carbons (Fsp3) is 0.360. The van der Waals surface area contributed by atoms with Crippen LogP contribution in [0.2, 0.25) is 5.02 Å². The molecule has 1 aliphatic rings. The Labute approximate surface area is 197 Å². The average Bonchev–Trinajstić information content (AvgIpc) is 3.09. The van der Waals surface area contributed by atoms with Gasteiger partial charge in [-0.05, 0) is 68.2 Å². The Bertz CT molecular complexity index is 1190. The van der Waals surface area contributed by atoms with Crippen molar-refractivity contribution in [2.24, 2.45) is 0 Å². The number of nitrogens with zero attached hydrogens (tertiary/aromatic N) is 2. The van der Waals surface area contributed by atoms with Gasteiger partial charge in [-0.1, -0.05) is 37.6 Å². The van der Waals surface area contributed by atoms with Crippen molar-refractivity contribution in [2.45, 2.75) is 31.2 Å². The summed E-state index contributed by atoms with van der Waals surface area (Å²) in [7, 11) is 0. The standard InChI is InChI=1S/C25H27ClN2O3S/c1-4-27(5-2)13-6-14-28-22(16-7-10-18(32-3)11-8-16)21-23(29)19-15-17(26)9-12-20(19)31-24(21)25(28)30/h7-12,15,22H,4-6,13-14H2,1-3H3. The predicted molar refractivity (Wildman–Crippen MR) is 131 cm³/mol. The Morgan fingerprint density at radius 1 is 1.09 bits per heavy atom. The molecule has 1 atom stereocenters. The summed E-state index contributed by atoms with van der Waals surface area (Å²) in [6.45, 7) is 7.65. The van der Waals surface area contributed by atoms with Crippen LogP contribution in [0.4, 0.5) is 0 Å². The molecule has 0 spiro atoms. The third-order valence-electron chi connectivity index (χ3n) is 6.13. The Kier molecular flexibility index (Phi) is 6.93. The van der Waals surface area contributed by atoms with E-state index in [4.69, 9.17) is 16.0 Å². The highest BCUT2D eigenvalue weighted by Crippen LogP contribution is 2.38. The van der Waals surface area contributed by atoms with Crippen LogP contribution in [0.15, 0.2) is 56.6 Å². The molecule has 0 saturated heterocycles. The van der Waals surface area contributed by atoms with E-state index in [0.29, 0.717) is 28.1 Å². The second kappa shape index (κ2) is 9.69. The SMILES string of the molecule is CCN(CC)CCCN1C(=O)c2oc3ccc(Cl)cc3c(=O)c2C1c1ccc(SC)cc1. The number of thioether (sulfide) groups is 1. The molecule has 1 aliphatic heterocycles. The highest BCUT2D eigenvalue weighted by atomic mass is 35.5. The number of carbonyl (C=O) groups is 1. The molecule has 2 aromatic carbocycles. The van der Waals surface area contributed by atoms with Gasteiger partial charge in [-0.15, -0.1) is 11.8 Å². The summed E-state index contributed by atoms with van der Waals surface area (Å²) in [6, 6.07) is 12.5. The average molecular weight is 471 g/mol. The Morgan fingerprint density at radius 2 is 1.81 bits per heavy atom. The third kappa shape index (κ3) is 4.19. The molecule has 1 unspecified atom stereocenters. The summed E-state index contributed by atoms with van der Waals surface area (Å²) in [6.07, 6.45) is 2.84. The maximum absolute atomic E-state index is 13.5. The van der Waals surface area contributed by atoms with Crippen molar-refractivity contribution >= 4 is 40.2 Å². The van der Waals surface area contributed by atoms with Crippen molar-refractivity contribution in [3.8, 4) is 0 Å². The molecule has 0 saturated carbocycles. The van der Waals surface area contributed by atoms with E-state index in [2.05, 4.69) is 18.7 Å². The molecule has 2 heterocycles. The highest BCUT2D eigenvalue weighted by Gasteiger charge is 2.42. The van der Waals surface area contributed by atoms with E-state index >= 15 is 0 Å². The molecule has 0 aliphatic carbocycles. The first-order valence-electron chi connectivity index (χ1n) is 10.9. The minimum Gasteiger partial charge on any atom is -0.450 e. The number of hydrogen-bond acceptors (Lipinski definition) is 5. The molecule has 168 valence electrons. The lowest BCUT2D eigenvalue weighted by molar-refractivity contribution is 0.0720. The molecule has 1 amide bonds. The van der Waals surface area contributed by atoms with E-state index in [1.54, 1.807) is 34.9 Å². The molecule has 0 N–H and O–H groups in total. The lowest BCUT2D eigenvalue weighted by Crippen LogP contribution is -2.33. The molecule has 32 heavy (non-hydrogen) atoms. The topological polar surface area (TPSA) is 53.8 Å². The minimum absolute atomic E-state index is 0.145. The second-order valence-electron chi connectivity index (χ2n) is 7.87. The van der Waals surface area contributed by atoms with Gasteiger partial charge in [0.2, 0.25) is 5.76 Å². The van der Waals surface area contributed by atoms with E-state index in [9.17, 15) is 9.59 Å². The van der Waals surface area contributed by atoms with Crippen molar-refractivity contribution < 1.29 is 9.21 Å². The van der Waals surface area contributed by atoms with E-state index in [0.717, 1.165) is 36.5 Å². The van der Waals surface area contributed by atoms with Gasteiger partial charge < -0.3 is 14.2 Å². The minimum atomic E-state index is -0.468. The first-order valence-corrected chi connectivity index (χ1v) is 12.5. The van der Waals surface area contributed by atoms with Crippen molar-refractivity contribution in [2.75, 3.05) is 32.4 Å². The van der Waals surface area contributed by atoms with Gasteiger partial charge in [0, 0.05) is 16.5 Å². The molecule has 7 heteroatoms. The third-order valence-corrected chi connectivity index (χ3v) is 7.11. The molecule has 0 radical (unpaired) electrons. The molecular weight excluding hydrogens is 444 g/mol. The van der Waals surface area contributed by atoms with Crippen LogP contribution < -0.4 is 5.43 Å². The Balaban J connectivity index is 1.79. The zero-order valence-electron chi connectivity index (χ0n) is 18.6. The quantitative estimate of drug-likeness (QED) is 0.410. The number of fused-ring (bicyclic) bond motifs is 2. The van der Waals surface area contributed by atoms with Gasteiger partial charge in [0.15, 0.2) is 5.43 Å². The van der Waals surface area contributed by atoms with E-state index in [-0.39, 0.29) is 17.1 Å². The fourth-order valence-electron chi connectivity index (χ4n) is 4.36. The second-order valence-corrected chi connectivity index (χ2v) is 9.19. The number of halogens is 1. The van der Waals surface area contributed by atoms with Crippen LogP contribution in [-0.4, -0.2) is 48.1 Å². The fourth-order valence-corrected chi connectivity index (χ4v) is 4.94. The van der Waals surface area contributed by atoms with Gasteiger partial charge in [0.25, 0.3) is 5.91 Å². The van der Waals surface area contributed by atoms with Gasteiger partial charge in [-0.2, -0.15) is 0 Å². The molecular formula is C25H27ClN2O3S. The highest BCUT2D eigenvalue weighted by molar-refractivity contribution is 7.98. The zero-order valence-corrected chi connectivity index (χ0v) is 20.1. The van der Waals surface area contributed by atoms with Crippen LogP contribution in [0.5, 0.6) is 0 Å². The van der Waals surface area contributed by atoms with Crippen LogP contribution in [0, 0.1) is 0 Å². The maximum Gasteiger partial charge on any atom is 0.290 e. The first-order chi connectivity index (χ1) is 15.5. The summed E-state index contributed by atoms with van der Waals surface area (Å²) < 4.78 is 5.98. The van der Waals surface area contributed by atoms with Crippen molar-refractivity contribution in [3.63, 3.8) is 0 Å². The lowest BCUT2D eigenvalue weighted by atomic mass is 9.98. The van der Waals surface area contributed by atoms with E-state index in [1.807, 2.05) is 30.5 Å². The number of hydrogen-bond donors (Lipinski definition) is 0. The van der Waals surface area contributed by atoms with Crippen molar-refractivity contribution in [1.82, 2.24) is 9.80 Å². The largest absolute Gasteiger partial charge is 0.450 e. The summed E-state index contributed by atoms with van der Waals surface area (Å²) in [4.78, 5) is 32.2. The van der Waals surface area contributed by atoms with Crippen LogP contribution in [0.1, 0.15) is 48.0 Å². The Hall–Kier alpha value is -2.28. The number of carbonyl (C=O) groups excluding carboxylic acids is 1. The molecule has 5 nitrogen and oxygen atoms in total. The van der Waals surface area contributed by atoms with Crippen molar-refractivity contribution in [3.05, 3.63) is 74.6 Å². The predicted octanol–water partition coefficient (Wildman–Crippen LogP) is 5.45. The van der Waals surface area contributed by atoms with Crippen LogP contribution in [0.3, 0.4) is 0 Å². The summed E-state index contributed by atoms with van der Waals surface area (Å²) in [5.74, 6) is -0.0842. The number of amides is 1. The van der Waals surface area contributed by atoms with Crippen LogP contribution in [0.25, 0.3) is 11.0 Å². The van der Waals surface area contributed by atoms with E-state index < -0.39 is 6.04 Å². The zero-order chi connectivity index (χ0) is 22.8. The molecule has 4 rings (SSSR count). The smallest absolute Gasteiger partial charge is 0.290 e. The lowest BCUT2D eigenvalue weighted by Gasteiger charge is -2.26. The molecule has 3 aromatic rings. The molecule has 1 aromatic heterocycles. The summed E-state index contributed by atoms with van der Waals surface area (Å²) >= 11 is 7.80. The monoisotopic (exact) mass is 470 g/mol.